The Labute approximate surface area is 125 Å². The summed E-state index contributed by atoms with van der Waals surface area (Å²) in [5, 5.41) is 15.0. The Kier molecular flexibility index (Phi) is 4.06. The van der Waals surface area contributed by atoms with E-state index in [0.717, 1.165) is 25.8 Å². The summed E-state index contributed by atoms with van der Waals surface area (Å²) in [4.78, 5) is 25.8. The van der Waals surface area contributed by atoms with Gasteiger partial charge in [0, 0.05) is 25.2 Å². The molecule has 2 amide bonds. The van der Waals surface area contributed by atoms with Crippen molar-refractivity contribution in [1.82, 2.24) is 15.5 Å². The summed E-state index contributed by atoms with van der Waals surface area (Å²) < 4.78 is 0. The molecule has 3 N–H and O–H groups in total. The van der Waals surface area contributed by atoms with Gasteiger partial charge in [0.15, 0.2) is 0 Å². The van der Waals surface area contributed by atoms with Crippen molar-refractivity contribution in [2.75, 3.05) is 19.6 Å². The third-order valence-electron chi connectivity index (χ3n) is 5.51. The summed E-state index contributed by atoms with van der Waals surface area (Å²) in [6.07, 6.45) is 6.81. The number of piperidine rings is 1. The average molecular weight is 295 g/mol. The Morgan fingerprint density at radius 3 is 2.67 bits per heavy atom. The highest BCUT2D eigenvalue weighted by Gasteiger charge is 2.44. The van der Waals surface area contributed by atoms with Crippen molar-refractivity contribution in [2.45, 2.75) is 57.0 Å². The molecule has 3 aliphatic rings. The summed E-state index contributed by atoms with van der Waals surface area (Å²) in [6, 6.07) is 0.645. The summed E-state index contributed by atoms with van der Waals surface area (Å²) in [6.45, 7) is 2.51. The van der Waals surface area contributed by atoms with Crippen molar-refractivity contribution in [3.05, 3.63) is 0 Å². The number of carbonyl (C=O) groups is 2. The standard InChI is InChI=1S/C15H25N3O3/c19-13(20)15(5-2-6-15)10-16-14(21)17-11-4-8-18-7-1-3-12(18)9-11/h11-12H,1-10H2,(H,19,20)(H2,16,17,21). The third-order valence-corrected chi connectivity index (χ3v) is 5.51. The molecular formula is C15H25N3O3. The first-order valence-electron chi connectivity index (χ1n) is 8.11. The van der Waals surface area contributed by atoms with Gasteiger partial charge >= 0.3 is 12.0 Å². The van der Waals surface area contributed by atoms with E-state index in [1.165, 1.54) is 19.4 Å². The molecule has 0 radical (unpaired) electrons. The molecule has 0 aromatic carbocycles. The van der Waals surface area contributed by atoms with Crippen LogP contribution in [0.25, 0.3) is 0 Å². The molecule has 2 atom stereocenters. The van der Waals surface area contributed by atoms with Crippen LogP contribution in [0.1, 0.15) is 44.9 Å². The Morgan fingerprint density at radius 2 is 2.00 bits per heavy atom. The van der Waals surface area contributed by atoms with E-state index in [2.05, 4.69) is 15.5 Å². The van der Waals surface area contributed by atoms with Gasteiger partial charge in [-0.05, 0) is 45.1 Å². The topological polar surface area (TPSA) is 81.7 Å². The van der Waals surface area contributed by atoms with Gasteiger partial charge in [0.25, 0.3) is 0 Å². The molecule has 2 heterocycles. The van der Waals surface area contributed by atoms with Crippen molar-refractivity contribution in [3.63, 3.8) is 0 Å². The highest BCUT2D eigenvalue weighted by molar-refractivity contribution is 5.79. The van der Waals surface area contributed by atoms with Gasteiger partial charge in [-0.25, -0.2) is 4.79 Å². The minimum Gasteiger partial charge on any atom is -0.481 e. The molecular weight excluding hydrogens is 270 g/mol. The summed E-state index contributed by atoms with van der Waals surface area (Å²) in [7, 11) is 0. The van der Waals surface area contributed by atoms with Gasteiger partial charge in [-0.15, -0.1) is 0 Å². The van der Waals surface area contributed by atoms with Crippen LogP contribution in [0.2, 0.25) is 0 Å². The predicted octanol–water partition coefficient (Wildman–Crippen LogP) is 1.17. The number of fused-ring (bicyclic) bond motifs is 1. The molecule has 6 heteroatoms. The summed E-state index contributed by atoms with van der Waals surface area (Å²) in [5.41, 5.74) is -0.716. The first-order valence-corrected chi connectivity index (χ1v) is 8.11. The molecule has 21 heavy (non-hydrogen) atoms. The van der Waals surface area contributed by atoms with Crippen molar-refractivity contribution in [2.24, 2.45) is 5.41 Å². The Balaban J connectivity index is 1.43. The Hall–Kier alpha value is -1.30. The molecule has 0 aromatic rings. The molecule has 0 bridgehead atoms. The van der Waals surface area contributed by atoms with Crippen LogP contribution >= 0.6 is 0 Å². The fraction of sp³-hybridized carbons (Fsp3) is 0.867. The normalized spacial score (nSPS) is 31.0. The summed E-state index contributed by atoms with van der Waals surface area (Å²) in [5.74, 6) is -0.784. The Bertz CT molecular complexity index is 422. The van der Waals surface area contributed by atoms with E-state index in [-0.39, 0.29) is 18.6 Å². The minimum atomic E-state index is -0.784. The molecule has 3 fully saturated rings. The van der Waals surface area contributed by atoms with E-state index < -0.39 is 11.4 Å². The number of aliphatic carboxylic acids is 1. The number of hydrogen-bond acceptors (Lipinski definition) is 3. The van der Waals surface area contributed by atoms with Gasteiger partial charge in [0.2, 0.25) is 0 Å². The van der Waals surface area contributed by atoms with Crippen molar-refractivity contribution in [1.29, 1.82) is 0 Å². The average Bonchev–Trinajstić information content (AvgIpc) is 2.84. The third kappa shape index (κ3) is 3.00. The van der Waals surface area contributed by atoms with E-state index in [1.54, 1.807) is 0 Å². The van der Waals surface area contributed by atoms with Crippen LogP contribution in [-0.4, -0.2) is 53.7 Å². The first-order chi connectivity index (χ1) is 10.1. The lowest BCUT2D eigenvalue weighted by molar-refractivity contribution is -0.153. The lowest BCUT2D eigenvalue weighted by Gasteiger charge is -2.38. The van der Waals surface area contributed by atoms with Crippen LogP contribution in [0.3, 0.4) is 0 Å². The number of nitrogens with zero attached hydrogens (tertiary/aromatic N) is 1. The highest BCUT2D eigenvalue weighted by Crippen LogP contribution is 2.40. The molecule has 6 nitrogen and oxygen atoms in total. The summed E-state index contributed by atoms with van der Waals surface area (Å²) >= 11 is 0. The number of nitrogens with one attached hydrogen (secondary N) is 2. The van der Waals surface area contributed by atoms with Crippen molar-refractivity contribution >= 4 is 12.0 Å². The molecule has 1 saturated carbocycles. The fourth-order valence-electron chi connectivity index (χ4n) is 3.91. The maximum Gasteiger partial charge on any atom is 0.315 e. The quantitative estimate of drug-likeness (QED) is 0.727. The molecule has 2 saturated heterocycles. The number of urea groups is 1. The number of amides is 2. The highest BCUT2D eigenvalue weighted by atomic mass is 16.4. The number of rotatable bonds is 4. The van der Waals surface area contributed by atoms with Crippen LogP contribution in [0.15, 0.2) is 0 Å². The second-order valence-electron chi connectivity index (χ2n) is 6.82. The van der Waals surface area contributed by atoms with Crippen LogP contribution < -0.4 is 10.6 Å². The Morgan fingerprint density at radius 1 is 1.19 bits per heavy atom. The van der Waals surface area contributed by atoms with Crippen molar-refractivity contribution < 1.29 is 14.7 Å². The number of carboxylic acid groups (broad SMARTS) is 1. The van der Waals surface area contributed by atoms with E-state index in [4.69, 9.17) is 0 Å². The molecule has 0 aromatic heterocycles. The predicted molar refractivity (Wildman–Crippen MR) is 78.1 cm³/mol. The molecule has 1 aliphatic carbocycles. The second kappa shape index (κ2) is 5.83. The van der Waals surface area contributed by atoms with Gasteiger partial charge in [-0.2, -0.15) is 0 Å². The van der Waals surface area contributed by atoms with Gasteiger partial charge in [-0.1, -0.05) is 6.42 Å². The zero-order valence-electron chi connectivity index (χ0n) is 12.4. The molecule has 2 aliphatic heterocycles. The zero-order valence-corrected chi connectivity index (χ0v) is 12.4. The van der Waals surface area contributed by atoms with Crippen LogP contribution in [0, 0.1) is 5.41 Å². The molecule has 0 spiro atoms. The largest absolute Gasteiger partial charge is 0.481 e. The molecule has 2 unspecified atom stereocenters. The van der Waals surface area contributed by atoms with E-state index in [9.17, 15) is 14.7 Å². The number of carboxylic acids is 1. The maximum atomic E-state index is 12.0. The smallest absolute Gasteiger partial charge is 0.315 e. The van der Waals surface area contributed by atoms with Gasteiger partial charge in [0.1, 0.15) is 0 Å². The molecule has 3 rings (SSSR count). The van der Waals surface area contributed by atoms with Gasteiger partial charge in [-0.3, -0.25) is 4.79 Å². The van der Waals surface area contributed by atoms with E-state index in [1.807, 2.05) is 0 Å². The van der Waals surface area contributed by atoms with Gasteiger partial charge < -0.3 is 20.6 Å². The SMILES string of the molecule is O=C(NCC1(C(=O)O)CCC1)NC1CCN2CCCC2C1. The monoisotopic (exact) mass is 295 g/mol. The first kappa shape index (κ1) is 14.6. The second-order valence-corrected chi connectivity index (χ2v) is 6.82. The number of hydrogen-bond donors (Lipinski definition) is 3. The van der Waals surface area contributed by atoms with Crippen LogP contribution in [0.5, 0.6) is 0 Å². The lowest BCUT2D eigenvalue weighted by Crippen LogP contribution is -2.53. The maximum absolute atomic E-state index is 12.0. The number of carbonyl (C=O) groups excluding carboxylic acids is 1. The van der Waals surface area contributed by atoms with E-state index >= 15 is 0 Å². The van der Waals surface area contributed by atoms with E-state index in [0.29, 0.717) is 18.9 Å². The molecule has 118 valence electrons. The lowest BCUT2D eigenvalue weighted by atomic mass is 9.69. The fourth-order valence-corrected chi connectivity index (χ4v) is 3.91. The van der Waals surface area contributed by atoms with Crippen LogP contribution in [-0.2, 0) is 4.79 Å². The van der Waals surface area contributed by atoms with Gasteiger partial charge in [0.05, 0.1) is 5.41 Å². The van der Waals surface area contributed by atoms with Crippen LogP contribution in [0.4, 0.5) is 4.79 Å². The van der Waals surface area contributed by atoms with Crippen molar-refractivity contribution in [3.8, 4) is 0 Å². The zero-order chi connectivity index (χ0) is 14.9. The minimum absolute atomic E-state index is 0.209.